The Hall–Kier alpha value is 5.80. The van der Waals surface area contributed by atoms with E-state index in [9.17, 15) is 0 Å². The second-order valence-electron chi connectivity index (χ2n) is 5.74. The van der Waals surface area contributed by atoms with E-state index in [1.54, 1.807) is 0 Å². The maximum atomic E-state index is 6.27. The van der Waals surface area contributed by atoms with Gasteiger partial charge in [0.15, 0.2) is 43.3 Å². The van der Waals surface area contributed by atoms with Crippen LogP contribution in [0, 0.1) is 0 Å². The van der Waals surface area contributed by atoms with Crippen molar-refractivity contribution in [2.45, 2.75) is 43.3 Å². The first-order chi connectivity index (χ1) is 12.5. The predicted molar refractivity (Wildman–Crippen MR) is 144 cm³/mol. The highest BCUT2D eigenvalue weighted by molar-refractivity contribution is 6.84. The second kappa shape index (κ2) is 9.18. The van der Waals surface area contributed by atoms with Gasteiger partial charge in [0.1, 0.15) is 0 Å². The molecule has 180 valence electrons. The fourth-order valence-corrected chi connectivity index (χ4v) is 9.58. The summed E-state index contributed by atoms with van der Waals surface area (Å²) in [6.45, 7) is 0. The van der Waals surface area contributed by atoms with Gasteiger partial charge >= 0.3 is 0 Å². The standard InChI is InChI=1S/C10Cl20/c11-1(12)2(13,14)4(17,18)6(21,22)8(25,26)10(29,30)9(27,28)7(23,24)5(19,20)3(1,15)16. The highest BCUT2D eigenvalue weighted by Gasteiger charge is 2.88. The average molecular weight is 829 g/mol. The van der Waals surface area contributed by atoms with Crippen LogP contribution in [-0.4, -0.2) is 43.3 Å². The lowest BCUT2D eigenvalue weighted by Gasteiger charge is -2.61. The molecular formula is C10Cl20. The summed E-state index contributed by atoms with van der Waals surface area (Å²) >= 11 is 125. The van der Waals surface area contributed by atoms with Crippen LogP contribution in [-0.2, 0) is 0 Å². The monoisotopic (exact) mass is 819 g/mol. The first-order valence-electron chi connectivity index (χ1n) is 6.28. The molecule has 1 saturated carbocycles. The summed E-state index contributed by atoms with van der Waals surface area (Å²) < 4.78 is -30.6. The van der Waals surface area contributed by atoms with E-state index in [-0.39, 0.29) is 0 Å². The lowest BCUT2D eigenvalue weighted by molar-refractivity contribution is 0.368. The number of halogens is 20. The number of rotatable bonds is 0. The van der Waals surface area contributed by atoms with Crippen LogP contribution in [0.5, 0.6) is 0 Å². The maximum absolute atomic E-state index is 6.27. The summed E-state index contributed by atoms with van der Waals surface area (Å²) in [4.78, 5) is 0. The van der Waals surface area contributed by atoms with Gasteiger partial charge in [-0.3, -0.25) is 0 Å². The topological polar surface area (TPSA) is 0 Å². The fraction of sp³-hybridized carbons (Fsp3) is 1.00. The molecule has 0 aliphatic heterocycles. The molecular weight excluding hydrogens is 829 g/mol. The van der Waals surface area contributed by atoms with Gasteiger partial charge in [0.25, 0.3) is 0 Å². The van der Waals surface area contributed by atoms with Gasteiger partial charge in [-0.15, -0.1) is 0 Å². The lowest BCUT2D eigenvalue weighted by atomic mass is 9.93. The molecule has 0 amide bonds. The van der Waals surface area contributed by atoms with Gasteiger partial charge in [-0.05, 0) is 0 Å². The maximum Gasteiger partial charge on any atom is 0.189 e. The van der Waals surface area contributed by atoms with Crippen molar-refractivity contribution in [3.8, 4) is 0 Å². The third-order valence-electron chi connectivity index (χ3n) is 3.94. The number of alkyl halides is 20. The minimum Gasteiger partial charge on any atom is -0.0946 e. The van der Waals surface area contributed by atoms with Gasteiger partial charge in [0.05, 0.1) is 0 Å². The van der Waals surface area contributed by atoms with Gasteiger partial charge in [0.2, 0.25) is 0 Å². The highest BCUT2D eigenvalue weighted by Crippen LogP contribution is 2.78. The summed E-state index contributed by atoms with van der Waals surface area (Å²) in [5.41, 5.74) is 0. The minimum atomic E-state index is -3.06. The average Bonchev–Trinajstić information content (AvgIpc) is 2.51. The quantitative estimate of drug-likeness (QED) is 0.213. The smallest absolute Gasteiger partial charge is 0.0946 e. The van der Waals surface area contributed by atoms with Gasteiger partial charge in [0, 0.05) is 0 Å². The number of hydrogen-bond donors (Lipinski definition) is 0. The van der Waals surface area contributed by atoms with Crippen molar-refractivity contribution >= 4 is 232 Å². The molecule has 0 spiro atoms. The van der Waals surface area contributed by atoms with E-state index in [4.69, 9.17) is 232 Å². The molecule has 1 aliphatic rings. The van der Waals surface area contributed by atoms with Gasteiger partial charge in [-0.25, -0.2) is 0 Å². The van der Waals surface area contributed by atoms with E-state index in [0.29, 0.717) is 0 Å². The third-order valence-corrected chi connectivity index (χ3v) is 19.2. The van der Waals surface area contributed by atoms with Crippen molar-refractivity contribution in [2.24, 2.45) is 0 Å². The summed E-state index contributed by atoms with van der Waals surface area (Å²) in [6.07, 6.45) is 0. The molecule has 30 heavy (non-hydrogen) atoms. The first-order valence-corrected chi connectivity index (χ1v) is 13.8. The van der Waals surface area contributed by atoms with Crippen molar-refractivity contribution < 1.29 is 0 Å². The Labute approximate surface area is 271 Å². The molecule has 1 aliphatic carbocycles. The van der Waals surface area contributed by atoms with Crippen LogP contribution in [0.15, 0.2) is 0 Å². The summed E-state index contributed by atoms with van der Waals surface area (Å²) in [5.74, 6) is 0. The van der Waals surface area contributed by atoms with E-state index in [2.05, 4.69) is 0 Å². The molecule has 0 radical (unpaired) electrons. The zero-order chi connectivity index (χ0) is 25.0. The largest absolute Gasteiger partial charge is 0.189 e. The van der Waals surface area contributed by atoms with Crippen LogP contribution in [0.2, 0.25) is 0 Å². The van der Waals surface area contributed by atoms with E-state index >= 15 is 0 Å². The number of hydrogen-bond acceptors (Lipinski definition) is 0. The van der Waals surface area contributed by atoms with Crippen LogP contribution < -0.4 is 0 Å². The molecule has 1 fully saturated rings. The van der Waals surface area contributed by atoms with Crippen LogP contribution >= 0.6 is 232 Å². The lowest BCUT2D eigenvalue weighted by Crippen LogP contribution is -2.78. The van der Waals surface area contributed by atoms with E-state index < -0.39 is 43.3 Å². The molecule has 0 atom stereocenters. The van der Waals surface area contributed by atoms with Crippen LogP contribution in [0.3, 0.4) is 0 Å². The molecule has 0 bridgehead atoms. The Morgan fingerprint density at radius 2 is 0.167 bits per heavy atom. The van der Waals surface area contributed by atoms with Gasteiger partial charge in [-0.2, -0.15) is 0 Å². The van der Waals surface area contributed by atoms with Crippen molar-refractivity contribution in [1.29, 1.82) is 0 Å². The van der Waals surface area contributed by atoms with Crippen LogP contribution in [0.4, 0.5) is 0 Å². The zero-order valence-electron chi connectivity index (χ0n) is 12.6. The molecule has 0 aromatic carbocycles. The minimum absolute atomic E-state index is 3.06. The predicted octanol–water partition coefficient (Wildman–Crippen LogP) is 11.7. The summed E-state index contributed by atoms with van der Waals surface area (Å²) in [7, 11) is 0. The molecule has 0 unspecified atom stereocenters. The molecule has 0 aromatic rings. The van der Waals surface area contributed by atoms with Crippen molar-refractivity contribution in [1.82, 2.24) is 0 Å². The molecule has 0 heterocycles. The molecule has 1 rings (SSSR count). The van der Waals surface area contributed by atoms with Gasteiger partial charge in [-0.1, -0.05) is 232 Å². The molecule has 20 heteroatoms. The Bertz CT molecular complexity index is 457. The van der Waals surface area contributed by atoms with Crippen LogP contribution in [0.1, 0.15) is 0 Å². The first kappa shape index (κ1) is 33.8. The fourth-order valence-electron chi connectivity index (χ4n) is 1.97. The Morgan fingerprint density at radius 1 is 0.133 bits per heavy atom. The molecule has 0 aromatic heterocycles. The van der Waals surface area contributed by atoms with E-state index in [1.165, 1.54) is 0 Å². The van der Waals surface area contributed by atoms with Crippen molar-refractivity contribution in [2.75, 3.05) is 0 Å². The van der Waals surface area contributed by atoms with Crippen LogP contribution in [0.25, 0.3) is 0 Å². The Balaban J connectivity index is 4.35. The second-order valence-corrected chi connectivity index (χ2v) is 19.0. The summed E-state index contributed by atoms with van der Waals surface area (Å²) in [6, 6.07) is 0. The van der Waals surface area contributed by atoms with Gasteiger partial charge < -0.3 is 0 Å². The SMILES string of the molecule is ClC1(Cl)C(Cl)(Cl)C(Cl)(Cl)C(Cl)(Cl)C(Cl)(Cl)C(Cl)(Cl)C(Cl)(Cl)C(Cl)(Cl)C(Cl)(Cl)C1(Cl)Cl. The molecule has 0 N–H and O–H groups in total. The molecule has 0 saturated heterocycles. The highest BCUT2D eigenvalue weighted by atomic mass is 35.6. The normalized spacial score (nSPS) is 34.0. The summed E-state index contributed by atoms with van der Waals surface area (Å²) in [5, 5.41) is 0. The van der Waals surface area contributed by atoms with E-state index in [1.807, 2.05) is 0 Å². The van der Waals surface area contributed by atoms with E-state index in [0.717, 1.165) is 0 Å². The molecule has 0 nitrogen and oxygen atoms in total. The van der Waals surface area contributed by atoms with Crippen molar-refractivity contribution in [3.63, 3.8) is 0 Å². The zero-order valence-corrected chi connectivity index (χ0v) is 27.7. The third kappa shape index (κ3) is 3.96. The Kier molecular flexibility index (Phi) is 10.4. The Morgan fingerprint density at radius 3 is 0.200 bits per heavy atom. The van der Waals surface area contributed by atoms with Crippen molar-refractivity contribution in [3.05, 3.63) is 0 Å².